The van der Waals surface area contributed by atoms with E-state index in [0.717, 1.165) is 55.7 Å². The van der Waals surface area contributed by atoms with Crippen molar-refractivity contribution in [2.75, 3.05) is 32.8 Å². The molecule has 1 fully saturated rings. The van der Waals surface area contributed by atoms with Gasteiger partial charge < -0.3 is 20.1 Å². The Morgan fingerprint density at radius 1 is 1.30 bits per heavy atom. The molecular weight excluding hydrogens is 252 g/mol. The van der Waals surface area contributed by atoms with Crippen LogP contribution in [0.15, 0.2) is 18.2 Å². The molecule has 2 atom stereocenters. The molecule has 20 heavy (non-hydrogen) atoms. The fourth-order valence-electron chi connectivity index (χ4n) is 2.99. The number of benzene rings is 1. The van der Waals surface area contributed by atoms with Gasteiger partial charge >= 0.3 is 0 Å². The van der Waals surface area contributed by atoms with Crippen molar-refractivity contribution in [2.24, 2.45) is 11.7 Å². The van der Waals surface area contributed by atoms with Gasteiger partial charge in [-0.15, -0.1) is 0 Å². The first-order valence-corrected chi connectivity index (χ1v) is 7.60. The summed E-state index contributed by atoms with van der Waals surface area (Å²) in [6.07, 6.45) is 2.22. The molecule has 0 aliphatic carbocycles. The summed E-state index contributed by atoms with van der Waals surface area (Å²) in [6.45, 7) is 7.00. The summed E-state index contributed by atoms with van der Waals surface area (Å²) in [6, 6.07) is 6.14. The summed E-state index contributed by atoms with van der Waals surface area (Å²) < 4.78 is 11.4. The first-order chi connectivity index (χ1) is 9.72. The van der Waals surface area contributed by atoms with E-state index in [-0.39, 0.29) is 6.04 Å². The molecule has 2 heterocycles. The van der Waals surface area contributed by atoms with Gasteiger partial charge in [0.2, 0.25) is 0 Å². The zero-order valence-corrected chi connectivity index (χ0v) is 12.2. The molecule has 3 rings (SSSR count). The van der Waals surface area contributed by atoms with Crippen molar-refractivity contribution < 1.29 is 9.47 Å². The van der Waals surface area contributed by atoms with E-state index in [4.69, 9.17) is 15.2 Å². The average molecular weight is 276 g/mol. The SMILES string of the molecule is CC1CCN(CC(N)c2ccc3c(c2)OCCCO3)C1. The Hall–Kier alpha value is -1.26. The van der Waals surface area contributed by atoms with Gasteiger partial charge in [-0.25, -0.2) is 0 Å². The predicted molar refractivity (Wildman–Crippen MR) is 79.2 cm³/mol. The van der Waals surface area contributed by atoms with Crippen molar-refractivity contribution in [3.05, 3.63) is 23.8 Å². The third-order valence-electron chi connectivity index (χ3n) is 4.16. The zero-order chi connectivity index (χ0) is 13.9. The Morgan fingerprint density at radius 3 is 2.85 bits per heavy atom. The van der Waals surface area contributed by atoms with E-state index in [0.29, 0.717) is 0 Å². The second-order valence-electron chi connectivity index (χ2n) is 6.02. The Labute approximate surface area is 120 Å². The van der Waals surface area contributed by atoms with Crippen LogP contribution in [-0.2, 0) is 0 Å². The minimum atomic E-state index is 0.0393. The summed E-state index contributed by atoms with van der Waals surface area (Å²) in [5.74, 6) is 2.48. The molecular formula is C16H24N2O2. The molecule has 4 heteroatoms. The summed E-state index contributed by atoms with van der Waals surface area (Å²) >= 11 is 0. The summed E-state index contributed by atoms with van der Waals surface area (Å²) in [5.41, 5.74) is 7.49. The minimum absolute atomic E-state index is 0.0393. The first-order valence-electron chi connectivity index (χ1n) is 7.60. The van der Waals surface area contributed by atoms with Crippen LogP contribution in [0, 0.1) is 5.92 Å². The highest BCUT2D eigenvalue weighted by Crippen LogP contribution is 2.32. The highest BCUT2D eigenvalue weighted by atomic mass is 16.5. The van der Waals surface area contributed by atoms with Gasteiger partial charge in [-0.2, -0.15) is 0 Å². The third-order valence-corrected chi connectivity index (χ3v) is 4.16. The van der Waals surface area contributed by atoms with Crippen LogP contribution in [0.5, 0.6) is 11.5 Å². The number of nitrogens with two attached hydrogens (primary N) is 1. The Bertz CT molecular complexity index is 464. The van der Waals surface area contributed by atoms with E-state index >= 15 is 0 Å². The lowest BCUT2D eigenvalue weighted by Crippen LogP contribution is -2.30. The Kier molecular flexibility index (Phi) is 4.13. The normalized spacial score (nSPS) is 24.4. The smallest absolute Gasteiger partial charge is 0.161 e. The monoisotopic (exact) mass is 276 g/mol. The molecule has 1 aromatic rings. The number of likely N-dealkylation sites (tertiary alicyclic amines) is 1. The van der Waals surface area contributed by atoms with Crippen molar-refractivity contribution in [3.8, 4) is 11.5 Å². The number of hydrogen-bond acceptors (Lipinski definition) is 4. The van der Waals surface area contributed by atoms with Gasteiger partial charge in [0.15, 0.2) is 11.5 Å². The third kappa shape index (κ3) is 3.07. The number of nitrogens with zero attached hydrogens (tertiary/aromatic N) is 1. The maximum absolute atomic E-state index is 6.35. The van der Waals surface area contributed by atoms with Crippen LogP contribution in [0.2, 0.25) is 0 Å². The molecule has 2 N–H and O–H groups in total. The number of fused-ring (bicyclic) bond motifs is 1. The predicted octanol–water partition coefficient (Wildman–Crippen LogP) is 2.19. The molecule has 0 amide bonds. The fourth-order valence-corrected chi connectivity index (χ4v) is 2.99. The van der Waals surface area contributed by atoms with Crippen molar-refractivity contribution in [2.45, 2.75) is 25.8 Å². The average Bonchev–Trinajstić information content (AvgIpc) is 2.72. The molecule has 0 spiro atoms. The van der Waals surface area contributed by atoms with Gasteiger partial charge in [0.25, 0.3) is 0 Å². The first kappa shape index (κ1) is 13.7. The van der Waals surface area contributed by atoms with Gasteiger partial charge in [-0.05, 0) is 36.6 Å². The van der Waals surface area contributed by atoms with E-state index in [9.17, 15) is 0 Å². The molecule has 1 saturated heterocycles. The molecule has 2 unspecified atom stereocenters. The van der Waals surface area contributed by atoms with Crippen molar-refractivity contribution in [1.29, 1.82) is 0 Å². The van der Waals surface area contributed by atoms with Crippen LogP contribution in [-0.4, -0.2) is 37.7 Å². The molecule has 2 aliphatic heterocycles. The molecule has 0 saturated carbocycles. The fraction of sp³-hybridized carbons (Fsp3) is 0.625. The molecule has 2 aliphatic rings. The molecule has 1 aromatic carbocycles. The maximum Gasteiger partial charge on any atom is 0.161 e. The lowest BCUT2D eigenvalue weighted by Gasteiger charge is -2.21. The molecule has 0 bridgehead atoms. The summed E-state index contributed by atoms with van der Waals surface area (Å²) in [4.78, 5) is 2.46. The maximum atomic E-state index is 6.35. The highest BCUT2D eigenvalue weighted by Gasteiger charge is 2.21. The Morgan fingerprint density at radius 2 is 2.10 bits per heavy atom. The second-order valence-corrected chi connectivity index (χ2v) is 6.02. The molecule has 0 radical (unpaired) electrons. The largest absolute Gasteiger partial charge is 0.490 e. The molecule has 110 valence electrons. The van der Waals surface area contributed by atoms with Crippen LogP contribution in [0.3, 0.4) is 0 Å². The van der Waals surface area contributed by atoms with Gasteiger partial charge in [-0.3, -0.25) is 0 Å². The van der Waals surface area contributed by atoms with Crippen LogP contribution in [0.1, 0.15) is 31.4 Å². The van der Waals surface area contributed by atoms with E-state index in [1.165, 1.54) is 13.0 Å². The Balaban J connectivity index is 1.68. The number of hydrogen-bond donors (Lipinski definition) is 1. The van der Waals surface area contributed by atoms with Gasteiger partial charge in [0.1, 0.15) is 0 Å². The van der Waals surface area contributed by atoms with Crippen LogP contribution in [0.4, 0.5) is 0 Å². The molecule has 4 nitrogen and oxygen atoms in total. The lowest BCUT2D eigenvalue weighted by atomic mass is 10.1. The highest BCUT2D eigenvalue weighted by molar-refractivity contribution is 5.44. The summed E-state index contributed by atoms with van der Waals surface area (Å²) in [5, 5.41) is 0. The van der Waals surface area contributed by atoms with Crippen LogP contribution >= 0.6 is 0 Å². The van der Waals surface area contributed by atoms with E-state index < -0.39 is 0 Å². The van der Waals surface area contributed by atoms with Gasteiger partial charge in [-0.1, -0.05) is 13.0 Å². The second kappa shape index (κ2) is 6.02. The van der Waals surface area contributed by atoms with Crippen molar-refractivity contribution in [1.82, 2.24) is 4.90 Å². The lowest BCUT2D eigenvalue weighted by molar-refractivity contribution is 0.296. The zero-order valence-electron chi connectivity index (χ0n) is 12.2. The van der Waals surface area contributed by atoms with Gasteiger partial charge in [0.05, 0.1) is 13.2 Å². The number of rotatable bonds is 3. The summed E-state index contributed by atoms with van der Waals surface area (Å²) in [7, 11) is 0. The van der Waals surface area contributed by atoms with Crippen LogP contribution < -0.4 is 15.2 Å². The van der Waals surface area contributed by atoms with E-state index in [2.05, 4.69) is 17.9 Å². The standard InChI is InChI=1S/C16H24N2O2/c1-12-5-6-18(10-12)11-14(17)13-3-4-15-16(9-13)20-8-2-7-19-15/h3-4,9,12,14H,2,5-8,10-11,17H2,1H3. The number of ether oxygens (including phenoxy) is 2. The van der Waals surface area contributed by atoms with E-state index in [1.54, 1.807) is 0 Å². The van der Waals surface area contributed by atoms with Crippen LogP contribution in [0.25, 0.3) is 0 Å². The van der Waals surface area contributed by atoms with Crippen molar-refractivity contribution >= 4 is 0 Å². The quantitative estimate of drug-likeness (QED) is 0.919. The van der Waals surface area contributed by atoms with Crippen molar-refractivity contribution in [3.63, 3.8) is 0 Å². The molecule has 0 aromatic heterocycles. The topological polar surface area (TPSA) is 47.7 Å². The minimum Gasteiger partial charge on any atom is -0.490 e. The van der Waals surface area contributed by atoms with E-state index in [1.807, 2.05) is 12.1 Å². The van der Waals surface area contributed by atoms with Gasteiger partial charge in [0, 0.05) is 25.6 Å².